The van der Waals surface area contributed by atoms with Crippen LogP contribution >= 0.6 is 22.6 Å². The van der Waals surface area contributed by atoms with Crippen molar-refractivity contribution in [1.29, 1.82) is 0 Å². The zero-order valence-corrected chi connectivity index (χ0v) is 8.21. The van der Waals surface area contributed by atoms with E-state index in [4.69, 9.17) is 0 Å². The Bertz CT molecular complexity index is 304. The van der Waals surface area contributed by atoms with E-state index in [0.717, 1.165) is 16.7 Å². The molecule has 0 spiro atoms. The number of halogens is 1. The van der Waals surface area contributed by atoms with Crippen LogP contribution < -0.4 is 0 Å². The summed E-state index contributed by atoms with van der Waals surface area (Å²) in [6.07, 6.45) is 1.10. The molecule has 0 aliphatic carbocycles. The van der Waals surface area contributed by atoms with E-state index >= 15 is 0 Å². The number of benzene rings is 1. The van der Waals surface area contributed by atoms with Crippen LogP contribution in [0.15, 0.2) is 29.3 Å². The highest BCUT2D eigenvalue weighted by Gasteiger charge is 2.09. The van der Waals surface area contributed by atoms with Gasteiger partial charge in [-0.2, -0.15) is 0 Å². The molecule has 0 N–H and O–H groups in total. The lowest BCUT2D eigenvalue weighted by molar-refractivity contribution is 0.951. The summed E-state index contributed by atoms with van der Waals surface area (Å²) in [6, 6.07) is 8.48. The molecule has 0 radical (unpaired) electrons. The fourth-order valence-electron chi connectivity index (χ4n) is 1.30. The van der Waals surface area contributed by atoms with E-state index in [1.54, 1.807) is 0 Å². The summed E-state index contributed by atoms with van der Waals surface area (Å²) in [6.45, 7) is 0.954. The molecule has 1 aliphatic rings. The highest BCUT2D eigenvalue weighted by Crippen LogP contribution is 2.18. The first-order chi connectivity index (χ1) is 5.38. The molecule has 0 atom stereocenters. The third-order valence-electron chi connectivity index (χ3n) is 1.87. The van der Waals surface area contributed by atoms with Crippen LogP contribution in [0.1, 0.15) is 11.1 Å². The summed E-state index contributed by atoms with van der Waals surface area (Å²) in [5.74, 6) is 0. The van der Waals surface area contributed by atoms with Gasteiger partial charge in [-0.1, -0.05) is 24.3 Å². The largest absolute Gasteiger partial charge is 0.278 e. The van der Waals surface area contributed by atoms with Crippen molar-refractivity contribution in [2.24, 2.45) is 4.99 Å². The molecule has 2 heteroatoms. The van der Waals surface area contributed by atoms with E-state index < -0.39 is 0 Å². The molecule has 1 aromatic carbocycles. The van der Waals surface area contributed by atoms with Crippen LogP contribution in [0, 0.1) is 0 Å². The SMILES string of the molecule is IC1=NCCc2ccccc21. The Hall–Kier alpha value is -0.380. The average Bonchev–Trinajstić information content (AvgIpc) is 2.06. The van der Waals surface area contributed by atoms with Gasteiger partial charge < -0.3 is 0 Å². The van der Waals surface area contributed by atoms with Gasteiger partial charge in [0.25, 0.3) is 0 Å². The lowest BCUT2D eigenvalue weighted by Crippen LogP contribution is -2.06. The minimum absolute atomic E-state index is 0.954. The topological polar surface area (TPSA) is 12.4 Å². The Morgan fingerprint density at radius 1 is 1.27 bits per heavy atom. The maximum Gasteiger partial charge on any atom is 0.103 e. The maximum atomic E-state index is 4.37. The van der Waals surface area contributed by atoms with Gasteiger partial charge in [0.15, 0.2) is 0 Å². The summed E-state index contributed by atoms with van der Waals surface area (Å²) in [5, 5.41) is 0. The molecule has 11 heavy (non-hydrogen) atoms. The fourth-order valence-corrected chi connectivity index (χ4v) is 2.07. The molecule has 1 heterocycles. The summed E-state index contributed by atoms with van der Waals surface area (Å²) < 4.78 is 1.16. The number of aliphatic imine (C=N–C) groups is 1. The van der Waals surface area contributed by atoms with Crippen molar-refractivity contribution in [2.45, 2.75) is 6.42 Å². The van der Waals surface area contributed by atoms with Gasteiger partial charge in [0.2, 0.25) is 0 Å². The van der Waals surface area contributed by atoms with Gasteiger partial charge in [-0.3, -0.25) is 4.99 Å². The molecule has 0 unspecified atom stereocenters. The molecule has 0 aromatic heterocycles. The van der Waals surface area contributed by atoms with Crippen LogP contribution in [-0.4, -0.2) is 10.3 Å². The van der Waals surface area contributed by atoms with Crippen molar-refractivity contribution < 1.29 is 0 Å². The molecule has 0 amide bonds. The van der Waals surface area contributed by atoms with Crippen LogP contribution in [0.25, 0.3) is 0 Å². The predicted octanol–water partition coefficient (Wildman–Crippen LogP) is 2.42. The molecule has 56 valence electrons. The van der Waals surface area contributed by atoms with Crippen molar-refractivity contribution in [2.75, 3.05) is 6.54 Å². The predicted molar refractivity (Wildman–Crippen MR) is 55.6 cm³/mol. The Morgan fingerprint density at radius 2 is 2.09 bits per heavy atom. The fraction of sp³-hybridized carbons (Fsp3) is 0.222. The number of hydrogen-bond acceptors (Lipinski definition) is 1. The van der Waals surface area contributed by atoms with Crippen LogP contribution in [0.3, 0.4) is 0 Å². The Morgan fingerprint density at radius 3 is 2.91 bits per heavy atom. The van der Waals surface area contributed by atoms with Crippen LogP contribution in [0.5, 0.6) is 0 Å². The second-order valence-electron chi connectivity index (χ2n) is 2.58. The van der Waals surface area contributed by atoms with Crippen LogP contribution in [-0.2, 0) is 6.42 Å². The van der Waals surface area contributed by atoms with Gasteiger partial charge in [0, 0.05) is 12.1 Å². The van der Waals surface area contributed by atoms with Crippen molar-refractivity contribution in [1.82, 2.24) is 0 Å². The second-order valence-corrected chi connectivity index (χ2v) is 3.60. The minimum atomic E-state index is 0.954. The van der Waals surface area contributed by atoms with Gasteiger partial charge in [-0.25, -0.2) is 0 Å². The first kappa shape index (κ1) is 7.28. The molecular weight excluding hydrogens is 249 g/mol. The number of fused-ring (bicyclic) bond motifs is 1. The lowest BCUT2D eigenvalue weighted by Gasteiger charge is -2.11. The van der Waals surface area contributed by atoms with E-state index in [0.29, 0.717) is 0 Å². The summed E-state index contributed by atoms with van der Waals surface area (Å²) in [4.78, 5) is 4.37. The molecule has 0 bridgehead atoms. The van der Waals surface area contributed by atoms with Gasteiger partial charge in [-0.05, 0) is 34.6 Å². The van der Waals surface area contributed by atoms with Crippen molar-refractivity contribution in [3.05, 3.63) is 35.4 Å². The smallest absolute Gasteiger partial charge is 0.103 e. The van der Waals surface area contributed by atoms with E-state index in [-0.39, 0.29) is 0 Å². The normalized spacial score (nSPS) is 15.5. The third kappa shape index (κ3) is 1.31. The summed E-state index contributed by atoms with van der Waals surface area (Å²) in [7, 11) is 0. The standard InChI is InChI=1S/C9H8IN/c10-9-8-4-2-1-3-7(8)5-6-11-9/h1-4H,5-6H2. The molecule has 0 fully saturated rings. The quantitative estimate of drug-likeness (QED) is 0.633. The maximum absolute atomic E-state index is 4.37. The molecule has 1 nitrogen and oxygen atoms in total. The van der Waals surface area contributed by atoms with Crippen molar-refractivity contribution in [3.8, 4) is 0 Å². The zero-order valence-electron chi connectivity index (χ0n) is 6.05. The van der Waals surface area contributed by atoms with Crippen LogP contribution in [0.2, 0.25) is 0 Å². The zero-order chi connectivity index (χ0) is 7.68. The first-order valence-corrected chi connectivity index (χ1v) is 4.74. The number of hydrogen-bond donors (Lipinski definition) is 0. The van der Waals surface area contributed by atoms with E-state index in [1.165, 1.54) is 11.1 Å². The van der Waals surface area contributed by atoms with Gasteiger partial charge >= 0.3 is 0 Å². The number of nitrogens with zero attached hydrogens (tertiary/aromatic N) is 1. The third-order valence-corrected chi connectivity index (χ3v) is 2.79. The van der Waals surface area contributed by atoms with Crippen LogP contribution in [0.4, 0.5) is 0 Å². The summed E-state index contributed by atoms with van der Waals surface area (Å²) in [5.41, 5.74) is 2.76. The molecule has 0 saturated heterocycles. The highest BCUT2D eigenvalue weighted by molar-refractivity contribution is 14.1. The molecule has 1 aromatic rings. The first-order valence-electron chi connectivity index (χ1n) is 3.66. The van der Waals surface area contributed by atoms with Gasteiger partial charge in [0.1, 0.15) is 3.72 Å². The minimum Gasteiger partial charge on any atom is -0.278 e. The van der Waals surface area contributed by atoms with Crippen molar-refractivity contribution >= 4 is 26.3 Å². The summed E-state index contributed by atoms with van der Waals surface area (Å²) >= 11 is 2.30. The van der Waals surface area contributed by atoms with E-state index in [2.05, 4.69) is 51.8 Å². The second kappa shape index (κ2) is 2.93. The van der Waals surface area contributed by atoms with Gasteiger partial charge in [-0.15, -0.1) is 0 Å². The Labute approximate surface area is 79.7 Å². The molecule has 0 saturated carbocycles. The van der Waals surface area contributed by atoms with E-state index in [1.807, 2.05) is 0 Å². The lowest BCUT2D eigenvalue weighted by atomic mass is 10.0. The highest BCUT2D eigenvalue weighted by atomic mass is 127. The van der Waals surface area contributed by atoms with E-state index in [9.17, 15) is 0 Å². The Balaban J connectivity index is 2.56. The average molecular weight is 257 g/mol. The molecule has 1 aliphatic heterocycles. The monoisotopic (exact) mass is 257 g/mol. The molecule has 2 rings (SSSR count). The van der Waals surface area contributed by atoms with Crippen molar-refractivity contribution in [3.63, 3.8) is 0 Å². The Kier molecular flexibility index (Phi) is 1.94. The van der Waals surface area contributed by atoms with Gasteiger partial charge in [0.05, 0.1) is 0 Å². The number of rotatable bonds is 0. The molecular formula is C9H8IN.